The Morgan fingerprint density at radius 3 is 2.52 bits per heavy atom. The zero-order chi connectivity index (χ0) is 24.4. The number of amides is 1. The Balaban J connectivity index is 2.05. The number of aromatic hydroxyl groups is 1. The van der Waals surface area contributed by atoms with Crippen LogP contribution in [0, 0.1) is 11.8 Å². The molecule has 0 saturated heterocycles. The summed E-state index contributed by atoms with van der Waals surface area (Å²) in [6.07, 6.45) is -1.17. The van der Waals surface area contributed by atoms with Crippen molar-refractivity contribution in [3.63, 3.8) is 0 Å². The second-order valence-electron chi connectivity index (χ2n) is 8.34. The Labute approximate surface area is 187 Å². The number of carbonyl (C=O) groups is 4. The van der Waals surface area contributed by atoms with Crippen molar-refractivity contribution >= 4 is 29.2 Å². The van der Waals surface area contributed by atoms with Crippen molar-refractivity contribution in [3.8, 4) is 5.75 Å². The first-order valence-electron chi connectivity index (χ1n) is 10.1. The van der Waals surface area contributed by atoms with Crippen LogP contribution >= 0.6 is 0 Å². The van der Waals surface area contributed by atoms with Gasteiger partial charge in [0, 0.05) is 29.9 Å². The van der Waals surface area contributed by atoms with Crippen LogP contribution in [-0.4, -0.2) is 55.6 Å². The summed E-state index contributed by atoms with van der Waals surface area (Å²) in [6.45, 7) is 4.99. The molecule has 0 radical (unpaired) electrons. The molecule has 0 aromatic heterocycles. The molecule has 5 atom stereocenters. The minimum absolute atomic E-state index is 0.0501. The number of carbonyl (C=O) groups excluding carboxylic acids is 4. The van der Waals surface area contributed by atoms with Gasteiger partial charge in [0.25, 0.3) is 5.91 Å². The van der Waals surface area contributed by atoms with Crippen molar-refractivity contribution in [2.24, 2.45) is 17.6 Å². The van der Waals surface area contributed by atoms with E-state index in [0.717, 1.165) is 6.08 Å². The van der Waals surface area contributed by atoms with E-state index in [9.17, 15) is 39.6 Å². The lowest BCUT2D eigenvalue weighted by Gasteiger charge is -2.51. The van der Waals surface area contributed by atoms with E-state index in [4.69, 9.17) is 10.5 Å². The summed E-state index contributed by atoms with van der Waals surface area (Å²) < 4.78 is 5.47. The second kappa shape index (κ2) is 7.31. The van der Waals surface area contributed by atoms with Gasteiger partial charge in [0.2, 0.25) is 5.78 Å². The minimum Gasteiger partial charge on any atom is -0.508 e. The van der Waals surface area contributed by atoms with Crippen LogP contribution in [0.3, 0.4) is 0 Å². The van der Waals surface area contributed by atoms with E-state index < -0.39 is 82.0 Å². The van der Waals surface area contributed by atoms with Crippen molar-refractivity contribution in [3.05, 3.63) is 58.9 Å². The van der Waals surface area contributed by atoms with Crippen LogP contribution in [0.2, 0.25) is 0 Å². The zero-order valence-electron chi connectivity index (χ0n) is 17.4. The summed E-state index contributed by atoms with van der Waals surface area (Å²) in [7, 11) is 0. The van der Waals surface area contributed by atoms with Crippen LogP contribution in [0.15, 0.2) is 47.8 Å². The van der Waals surface area contributed by atoms with E-state index in [0.29, 0.717) is 5.56 Å². The van der Waals surface area contributed by atoms with E-state index >= 15 is 0 Å². The third-order valence-corrected chi connectivity index (χ3v) is 6.75. The highest BCUT2D eigenvalue weighted by Crippen LogP contribution is 2.56. The highest BCUT2D eigenvalue weighted by molar-refractivity contribution is 6.23. The van der Waals surface area contributed by atoms with Crippen molar-refractivity contribution in [1.82, 2.24) is 0 Å². The highest BCUT2D eigenvalue weighted by Gasteiger charge is 2.66. The SMILES string of the molecule is C=CC(=O)OC1C2C(=C(O)c3c(O)cccc3C2C)C(=O)C2(O)C(O)=C(C(N)=O)C(=O)CC12. The number of primary amides is 1. The molecule has 10 heteroatoms. The summed E-state index contributed by atoms with van der Waals surface area (Å²) in [5, 5.41) is 43.5. The van der Waals surface area contributed by atoms with Gasteiger partial charge < -0.3 is 30.9 Å². The third-order valence-electron chi connectivity index (χ3n) is 6.75. The molecule has 1 saturated carbocycles. The molecule has 4 rings (SSSR count). The van der Waals surface area contributed by atoms with Gasteiger partial charge >= 0.3 is 5.97 Å². The topological polar surface area (TPSA) is 184 Å². The molecule has 3 aliphatic carbocycles. The second-order valence-corrected chi connectivity index (χ2v) is 8.34. The van der Waals surface area contributed by atoms with E-state index in [2.05, 4.69) is 6.58 Å². The molecule has 1 amide bonds. The van der Waals surface area contributed by atoms with Gasteiger partial charge in [-0.2, -0.15) is 0 Å². The summed E-state index contributed by atoms with van der Waals surface area (Å²) in [6, 6.07) is 4.44. The monoisotopic (exact) mass is 455 g/mol. The summed E-state index contributed by atoms with van der Waals surface area (Å²) in [5.41, 5.74) is 1.33. The fraction of sp³-hybridized carbons (Fsp3) is 0.304. The lowest BCUT2D eigenvalue weighted by molar-refractivity contribution is -0.175. The maximum absolute atomic E-state index is 13.6. The number of hydrogen-bond donors (Lipinski definition) is 5. The van der Waals surface area contributed by atoms with Crippen molar-refractivity contribution < 1.29 is 44.3 Å². The van der Waals surface area contributed by atoms with Crippen LogP contribution in [0.25, 0.3) is 5.76 Å². The molecule has 1 aromatic rings. The van der Waals surface area contributed by atoms with E-state index in [-0.39, 0.29) is 11.3 Å². The molecule has 0 aliphatic heterocycles. The van der Waals surface area contributed by atoms with Gasteiger partial charge in [-0.15, -0.1) is 0 Å². The smallest absolute Gasteiger partial charge is 0.330 e. The van der Waals surface area contributed by atoms with Gasteiger partial charge in [-0.25, -0.2) is 4.79 Å². The van der Waals surface area contributed by atoms with Crippen LogP contribution in [0.4, 0.5) is 0 Å². The van der Waals surface area contributed by atoms with Crippen LogP contribution in [0.1, 0.15) is 30.4 Å². The lowest BCUT2D eigenvalue weighted by Crippen LogP contribution is -2.64. The van der Waals surface area contributed by atoms with Gasteiger partial charge in [0.1, 0.15) is 28.9 Å². The highest BCUT2D eigenvalue weighted by atomic mass is 16.5. The number of Topliss-reactive ketones (excluding diaryl/α,β-unsaturated/α-hetero) is 2. The van der Waals surface area contributed by atoms with Crippen LogP contribution in [-0.2, 0) is 23.9 Å². The number of fused-ring (bicyclic) bond motifs is 3. The van der Waals surface area contributed by atoms with E-state index in [1.165, 1.54) is 12.1 Å². The first-order valence-corrected chi connectivity index (χ1v) is 10.1. The van der Waals surface area contributed by atoms with Gasteiger partial charge in [0.15, 0.2) is 11.4 Å². The molecule has 6 N–H and O–H groups in total. The summed E-state index contributed by atoms with van der Waals surface area (Å²) in [5.74, 6) is -9.83. The first kappa shape index (κ1) is 22.3. The zero-order valence-corrected chi connectivity index (χ0v) is 17.4. The molecule has 1 aromatic carbocycles. The number of rotatable bonds is 3. The number of aliphatic hydroxyl groups excluding tert-OH is 2. The van der Waals surface area contributed by atoms with Gasteiger partial charge in [-0.1, -0.05) is 25.6 Å². The molecule has 3 aliphatic rings. The minimum atomic E-state index is -2.88. The molecule has 5 unspecified atom stereocenters. The van der Waals surface area contributed by atoms with Crippen molar-refractivity contribution in [2.75, 3.05) is 0 Å². The summed E-state index contributed by atoms with van der Waals surface area (Å²) in [4.78, 5) is 50.2. The maximum Gasteiger partial charge on any atom is 0.330 e. The molecule has 1 fully saturated rings. The molecular formula is C23H21NO9. The quantitative estimate of drug-likeness (QED) is 0.248. The number of ketones is 2. The van der Waals surface area contributed by atoms with E-state index in [1.807, 2.05) is 0 Å². The average molecular weight is 455 g/mol. The number of benzene rings is 1. The number of esters is 1. The Bertz CT molecular complexity index is 1210. The van der Waals surface area contributed by atoms with Crippen molar-refractivity contribution in [2.45, 2.75) is 31.0 Å². The predicted octanol–water partition coefficient (Wildman–Crippen LogP) is 0.693. The Morgan fingerprint density at radius 2 is 1.91 bits per heavy atom. The van der Waals surface area contributed by atoms with Gasteiger partial charge in [-0.3, -0.25) is 14.4 Å². The fourth-order valence-corrected chi connectivity index (χ4v) is 5.26. The molecule has 10 nitrogen and oxygen atoms in total. The third kappa shape index (κ3) is 2.83. The summed E-state index contributed by atoms with van der Waals surface area (Å²) >= 11 is 0. The number of ether oxygens (including phenoxy) is 1. The van der Waals surface area contributed by atoms with Crippen LogP contribution in [0.5, 0.6) is 5.75 Å². The maximum atomic E-state index is 13.6. The van der Waals surface area contributed by atoms with Crippen molar-refractivity contribution in [1.29, 1.82) is 0 Å². The average Bonchev–Trinajstić information content (AvgIpc) is 2.75. The standard InChI is InChI=1S/C23H21NO9/c1-3-13(27)33-19-10-7-12(26)16(22(24)31)20(29)23(10,32)21(30)17-14(19)8(2)9-5-4-6-11(25)15(9)18(17)28/h3-6,8,10,14,19,25,28-29,32H,1,7H2,2H3,(H2,24,31). The predicted molar refractivity (Wildman–Crippen MR) is 112 cm³/mol. The number of phenols is 1. The first-order chi connectivity index (χ1) is 15.5. The molecule has 33 heavy (non-hydrogen) atoms. The van der Waals surface area contributed by atoms with Crippen LogP contribution < -0.4 is 5.73 Å². The van der Waals surface area contributed by atoms with E-state index in [1.54, 1.807) is 13.0 Å². The molecule has 0 spiro atoms. The Kier molecular flexibility index (Phi) is 4.93. The fourth-order valence-electron chi connectivity index (χ4n) is 5.26. The number of hydrogen-bond acceptors (Lipinski definition) is 9. The Hall–Kier alpha value is -3.92. The van der Waals surface area contributed by atoms with Gasteiger partial charge in [0.05, 0.1) is 5.56 Å². The number of phenolic OH excluding ortho intramolecular Hbond substituents is 1. The molecule has 172 valence electrons. The Morgan fingerprint density at radius 1 is 1.24 bits per heavy atom. The molecule has 0 heterocycles. The molecular weight excluding hydrogens is 434 g/mol. The molecule has 0 bridgehead atoms. The number of aliphatic hydroxyl groups is 3. The normalized spacial score (nSPS) is 30.8. The number of nitrogens with two attached hydrogens (primary N) is 1. The largest absolute Gasteiger partial charge is 0.508 e. The lowest BCUT2D eigenvalue weighted by atomic mass is 9.55. The van der Waals surface area contributed by atoms with Gasteiger partial charge in [-0.05, 0) is 17.5 Å².